The second-order valence-corrected chi connectivity index (χ2v) is 8.92. The number of ether oxygens (including phenoxy) is 3. The first-order valence-corrected chi connectivity index (χ1v) is 11.4. The number of aryl methyl sites for hydroxylation is 1. The van der Waals surface area contributed by atoms with Gasteiger partial charge in [0.15, 0.2) is 15.8 Å². The maximum atomic E-state index is 11.8. The van der Waals surface area contributed by atoms with Gasteiger partial charge < -0.3 is 14.2 Å². The second-order valence-electron chi connectivity index (χ2n) is 7.31. The Morgan fingerprint density at radius 1 is 1.13 bits per heavy atom. The highest BCUT2D eigenvalue weighted by atomic mass is 32.2. The van der Waals surface area contributed by atoms with Crippen molar-refractivity contribution >= 4 is 40.4 Å². The number of methoxy groups -OCH3 is 1. The molecule has 1 heterocycles. The first-order valence-electron chi connectivity index (χ1n) is 9.97. The number of carbonyl (C=O) groups is 1. The molecule has 0 bridgehead atoms. The number of rotatable bonds is 9. The molecule has 1 amide bonds. The highest BCUT2D eigenvalue weighted by Crippen LogP contribution is 2.29. The molecule has 0 unspecified atom stereocenters. The van der Waals surface area contributed by atoms with Crippen LogP contribution in [0.5, 0.6) is 17.2 Å². The Balaban J connectivity index is 1.59. The summed E-state index contributed by atoms with van der Waals surface area (Å²) in [7, 11) is 1.58. The maximum Gasteiger partial charge on any atom is 0.259 e. The molecule has 0 saturated carbocycles. The predicted molar refractivity (Wildman–Crippen MR) is 129 cm³/mol. The third kappa shape index (κ3) is 5.98. The van der Waals surface area contributed by atoms with Crippen molar-refractivity contribution in [3.05, 3.63) is 53.1 Å². The molecular formula is C23H26N2O4S2. The Morgan fingerprint density at radius 3 is 2.52 bits per heavy atom. The van der Waals surface area contributed by atoms with Crippen molar-refractivity contribution in [2.75, 3.05) is 26.1 Å². The lowest BCUT2D eigenvalue weighted by atomic mass is 10.0. The number of hydrazone groups is 1. The van der Waals surface area contributed by atoms with Crippen LogP contribution in [0.15, 0.2) is 41.5 Å². The van der Waals surface area contributed by atoms with E-state index in [4.69, 9.17) is 26.4 Å². The molecule has 1 fully saturated rings. The summed E-state index contributed by atoms with van der Waals surface area (Å²) in [6, 6.07) is 11.7. The van der Waals surface area contributed by atoms with Crippen LogP contribution in [0.3, 0.4) is 0 Å². The number of thiocarbonyl (C=S) groups is 1. The summed E-state index contributed by atoms with van der Waals surface area (Å²) in [6.45, 7) is 7.14. The fourth-order valence-corrected chi connectivity index (χ4v) is 3.98. The molecule has 0 aromatic heterocycles. The normalized spacial score (nSPS) is 14.0. The van der Waals surface area contributed by atoms with E-state index in [-0.39, 0.29) is 5.91 Å². The maximum absolute atomic E-state index is 11.8. The molecule has 0 aliphatic carbocycles. The Labute approximate surface area is 192 Å². The predicted octanol–water partition coefficient (Wildman–Crippen LogP) is 4.78. The molecule has 8 heteroatoms. The van der Waals surface area contributed by atoms with Gasteiger partial charge in [-0.1, -0.05) is 50.0 Å². The van der Waals surface area contributed by atoms with Crippen LogP contribution in [0.25, 0.3) is 0 Å². The van der Waals surface area contributed by atoms with Gasteiger partial charge in [0.25, 0.3) is 5.91 Å². The Bertz CT molecular complexity index is 976. The molecular weight excluding hydrogens is 432 g/mol. The van der Waals surface area contributed by atoms with Crippen LogP contribution in [0.1, 0.15) is 36.5 Å². The van der Waals surface area contributed by atoms with E-state index in [1.54, 1.807) is 19.4 Å². The van der Waals surface area contributed by atoms with Crippen LogP contribution < -0.4 is 14.2 Å². The molecule has 164 valence electrons. The summed E-state index contributed by atoms with van der Waals surface area (Å²) < 4.78 is 17.7. The first-order chi connectivity index (χ1) is 14.9. The smallest absolute Gasteiger partial charge is 0.259 e. The molecule has 1 aliphatic rings. The van der Waals surface area contributed by atoms with Crippen LogP contribution >= 0.6 is 24.0 Å². The van der Waals surface area contributed by atoms with E-state index in [0.29, 0.717) is 40.7 Å². The van der Waals surface area contributed by atoms with Crippen LogP contribution in [-0.4, -0.2) is 47.5 Å². The van der Waals surface area contributed by atoms with Crippen molar-refractivity contribution in [3.8, 4) is 17.2 Å². The van der Waals surface area contributed by atoms with Crippen molar-refractivity contribution < 1.29 is 19.0 Å². The van der Waals surface area contributed by atoms with Crippen LogP contribution in [-0.2, 0) is 4.79 Å². The molecule has 1 aliphatic heterocycles. The minimum Gasteiger partial charge on any atom is -0.493 e. The Kier molecular flexibility index (Phi) is 7.92. The summed E-state index contributed by atoms with van der Waals surface area (Å²) in [6.07, 6.45) is 1.58. The SMILES string of the molecule is COc1cc(C=NN2C(=O)CSC2=S)ccc1OCCOc1cc(C)ccc1C(C)C. The van der Waals surface area contributed by atoms with Gasteiger partial charge in [-0.05, 0) is 53.8 Å². The topological polar surface area (TPSA) is 60.4 Å². The summed E-state index contributed by atoms with van der Waals surface area (Å²) in [5.74, 6) is 2.67. The molecule has 2 aromatic carbocycles. The summed E-state index contributed by atoms with van der Waals surface area (Å²) in [5, 5.41) is 5.42. The van der Waals surface area contributed by atoms with Gasteiger partial charge in [-0.25, -0.2) is 0 Å². The van der Waals surface area contributed by atoms with Gasteiger partial charge in [-0.2, -0.15) is 10.1 Å². The third-order valence-electron chi connectivity index (χ3n) is 4.63. The fourth-order valence-electron chi connectivity index (χ4n) is 3.01. The number of hydrogen-bond acceptors (Lipinski definition) is 7. The van der Waals surface area contributed by atoms with E-state index >= 15 is 0 Å². The van der Waals surface area contributed by atoms with E-state index in [9.17, 15) is 4.79 Å². The van der Waals surface area contributed by atoms with Crippen molar-refractivity contribution in [1.29, 1.82) is 0 Å². The van der Waals surface area contributed by atoms with Crippen molar-refractivity contribution in [1.82, 2.24) is 5.01 Å². The first kappa shape index (κ1) is 23.1. The summed E-state index contributed by atoms with van der Waals surface area (Å²) in [4.78, 5) is 11.8. The molecule has 31 heavy (non-hydrogen) atoms. The lowest BCUT2D eigenvalue weighted by molar-refractivity contribution is -0.123. The van der Waals surface area contributed by atoms with Gasteiger partial charge in [0.2, 0.25) is 0 Å². The molecule has 6 nitrogen and oxygen atoms in total. The molecule has 3 rings (SSSR count). The van der Waals surface area contributed by atoms with E-state index in [0.717, 1.165) is 16.9 Å². The standard InChI is InChI=1S/C23H26N2O4S2/c1-15(2)18-7-5-16(3)11-20(18)29-10-9-28-19-8-6-17(12-21(19)27-4)13-24-25-22(26)14-31-23(25)30/h5-8,11-13,15H,9-10,14H2,1-4H3. The average Bonchev–Trinajstić information content (AvgIpc) is 3.07. The summed E-state index contributed by atoms with van der Waals surface area (Å²) in [5.41, 5.74) is 3.12. The monoisotopic (exact) mass is 458 g/mol. The zero-order valence-electron chi connectivity index (χ0n) is 18.1. The highest BCUT2D eigenvalue weighted by molar-refractivity contribution is 8.23. The van der Waals surface area contributed by atoms with Crippen LogP contribution in [0.4, 0.5) is 0 Å². The quantitative estimate of drug-likeness (QED) is 0.306. The molecule has 0 atom stereocenters. The molecule has 1 saturated heterocycles. The number of nitrogens with zero attached hydrogens (tertiary/aromatic N) is 2. The molecule has 0 spiro atoms. The number of hydrogen-bond donors (Lipinski definition) is 0. The van der Waals surface area contributed by atoms with Gasteiger partial charge in [-0.15, -0.1) is 0 Å². The minimum atomic E-state index is -0.118. The lowest BCUT2D eigenvalue weighted by Crippen LogP contribution is -2.22. The third-order valence-corrected chi connectivity index (χ3v) is 5.97. The molecule has 0 radical (unpaired) electrons. The average molecular weight is 459 g/mol. The molecule has 2 aromatic rings. The van der Waals surface area contributed by atoms with E-state index in [2.05, 4.69) is 44.1 Å². The van der Waals surface area contributed by atoms with Gasteiger partial charge in [0, 0.05) is 0 Å². The number of carbonyl (C=O) groups excluding carboxylic acids is 1. The van der Waals surface area contributed by atoms with Crippen LogP contribution in [0, 0.1) is 6.92 Å². The zero-order valence-corrected chi connectivity index (χ0v) is 19.7. The van der Waals surface area contributed by atoms with Crippen molar-refractivity contribution in [2.24, 2.45) is 5.10 Å². The van der Waals surface area contributed by atoms with Gasteiger partial charge >= 0.3 is 0 Å². The van der Waals surface area contributed by atoms with Gasteiger partial charge in [0.1, 0.15) is 19.0 Å². The molecule has 0 N–H and O–H groups in total. The minimum absolute atomic E-state index is 0.118. The Hall–Kier alpha value is -2.58. The fraction of sp³-hybridized carbons (Fsp3) is 0.348. The van der Waals surface area contributed by atoms with E-state index in [1.165, 1.54) is 22.3 Å². The van der Waals surface area contributed by atoms with E-state index in [1.807, 2.05) is 12.1 Å². The zero-order chi connectivity index (χ0) is 22.4. The summed E-state index contributed by atoms with van der Waals surface area (Å²) >= 11 is 6.43. The number of benzene rings is 2. The lowest BCUT2D eigenvalue weighted by Gasteiger charge is -2.16. The van der Waals surface area contributed by atoms with E-state index < -0.39 is 0 Å². The largest absolute Gasteiger partial charge is 0.493 e. The van der Waals surface area contributed by atoms with Crippen LogP contribution in [0.2, 0.25) is 0 Å². The van der Waals surface area contributed by atoms with Crippen molar-refractivity contribution in [3.63, 3.8) is 0 Å². The number of thioether (sulfide) groups is 1. The number of amides is 1. The van der Waals surface area contributed by atoms with Crippen molar-refractivity contribution in [2.45, 2.75) is 26.7 Å². The van der Waals surface area contributed by atoms with Gasteiger partial charge in [-0.3, -0.25) is 4.79 Å². The Morgan fingerprint density at radius 2 is 1.87 bits per heavy atom. The van der Waals surface area contributed by atoms with Gasteiger partial charge in [0.05, 0.1) is 19.1 Å². The highest BCUT2D eigenvalue weighted by Gasteiger charge is 2.26. The second kappa shape index (κ2) is 10.6.